The van der Waals surface area contributed by atoms with Gasteiger partial charge in [-0.2, -0.15) is 0 Å². The van der Waals surface area contributed by atoms with Gasteiger partial charge in [-0.05, 0) is 25.5 Å². The van der Waals surface area contributed by atoms with E-state index < -0.39 is 0 Å². The minimum Gasteiger partial charge on any atom is -0.395 e. The van der Waals surface area contributed by atoms with Crippen molar-refractivity contribution < 1.29 is 9.90 Å². The highest BCUT2D eigenvalue weighted by atomic mass is 16.3. The van der Waals surface area contributed by atoms with Crippen LogP contribution in [0.1, 0.15) is 29.4 Å². The van der Waals surface area contributed by atoms with Gasteiger partial charge in [0.1, 0.15) is 5.69 Å². The Labute approximate surface area is 129 Å². The first kappa shape index (κ1) is 16.0. The van der Waals surface area contributed by atoms with Gasteiger partial charge in [0, 0.05) is 19.2 Å². The van der Waals surface area contributed by atoms with Crippen LogP contribution in [0.2, 0.25) is 0 Å². The summed E-state index contributed by atoms with van der Waals surface area (Å²) in [5.41, 5.74) is 1.72. The van der Waals surface area contributed by atoms with Crippen LogP contribution in [0.3, 0.4) is 0 Å². The molecule has 2 rings (SSSR count). The Bertz CT molecular complexity index is 679. The summed E-state index contributed by atoms with van der Waals surface area (Å²) in [7, 11) is 0. The normalized spacial score (nSPS) is 10.7. The van der Waals surface area contributed by atoms with E-state index in [4.69, 9.17) is 5.11 Å². The van der Waals surface area contributed by atoms with Gasteiger partial charge < -0.3 is 10.0 Å². The molecule has 6 heteroatoms. The van der Waals surface area contributed by atoms with Crippen molar-refractivity contribution in [2.45, 2.75) is 20.3 Å². The van der Waals surface area contributed by atoms with E-state index in [2.05, 4.69) is 5.10 Å². The summed E-state index contributed by atoms with van der Waals surface area (Å²) in [6, 6.07) is 8.73. The van der Waals surface area contributed by atoms with Crippen LogP contribution < -0.4 is 5.56 Å². The third-order valence-electron chi connectivity index (χ3n) is 3.39. The highest BCUT2D eigenvalue weighted by molar-refractivity contribution is 5.92. The number of aryl methyl sites for hydroxylation is 1. The smallest absolute Gasteiger partial charge is 0.272 e. The maximum atomic E-state index is 12.4. The highest BCUT2D eigenvalue weighted by Gasteiger charge is 2.18. The summed E-state index contributed by atoms with van der Waals surface area (Å²) in [4.78, 5) is 26.0. The van der Waals surface area contributed by atoms with Crippen LogP contribution in [0.4, 0.5) is 0 Å². The van der Waals surface area contributed by atoms with E-state index in [1.807, 2.05) is 38.1 Å². The number of hydrogen-bond acceptors (Lipinski definition) is 3. The molecule has 2 aromatic rings. The molecule has 1 heterocycles. The quantitative estimate of drug-likeness (QED) is 0.845. The van der Waals surface area contributed by atoms with E-state index in [-0.39, 0.29) is 30.3 Å². The SMILES string of the molecule is CCCN(CCO)C(=O)c1cc(=O)n(-c2ccc(C)cc2)[nH]1. The number of aliphatic hydroxyl groups is 1. The largest absolute Gasteiger partial charge is 0.395 e. The summed E-state index contributed by atoms with van der Waals surface area (Å²) in [5.74, 6) is -0.279. The van der Waals surface area contributed by atoms with Crippen LogP contribution in [-0.4, -0.2) is 45.4 Å². The van der Waals surface area contributed by atoms with Gasteiger partial charge in [-0.1, -0.05) is 24.6 Å². The molecule has 0 fully saturated rings. The van der Waals surface area contributed by atoms with Crippen LogP contribution in [0.15, 0.2) is 35.1 Å². The number of amides is 1. The Morgan fingerprint density at radius 3 is 2.55 bits per heavy atom. The predicted molar refractivity (Wildman–Crippen MR) is 84.4 cm³/mol. The molecule has 0 spiro atoms. The van der Waals surface area contributed by atoms with Crippen LogP contribution in [-0.2, 0) is 0 Å². The molecular weight excluding hydrogens is 282 g/mol. The third kappa shape index (κ3) is 3.46. The van der Waals surface area contributed by atoms with Gasteiger partial charge in [0.15, 0.2) is 0 Å². The van der Waals surface area contributed by atoms with Gasteiger partial charge in [0.2, 0.25) is 0 Å². The highest BCUT2D eigenvalue weighted by Crippen LogP contribution is 2.08. The number of nitrogens with one attached hydrogen (secondary N) is 1. The summed E-state index contributed by atoms with van der Waals surface area (Å²) in [5, 5.41) is 11.9. The molecule has 22 heavy (non-hydrogen) atoms. The van der Waals surface area contributed by atoms with Crippen molar-refractivity contribution >= 4 is 5.91 Å². The fourth-order valence-corrected chi connectivity index (χ4v) is 2.27. The minimum atomic E-state index is -0.285. The number of aliphatic hydroxyl groups excluding tert-OH is 1. The van der Waals surface area contributed by atoms with Crippen LogP contribution in [0.5, 0.6) is 0 Å². The Hall–Kier alpha value is -2.34. The van der Waals surface area contributed by atoms with E-state index >= 15 is 0 Å². The first-order chi connectivity index (χ1) is 10.6. The monoisotopic (exact) mass is 303 g/mol. The number of carbonyl (C=O) groups is 1. The van der Waals surface area contributed by atoms with Crippen molar-refractivity contribution in [3.63, 3.8) is 0 Å². The topological polar surface area (TPSA) is 78.3 Å². The molecule has 118 valence electrons. The van der Waals surface area contributed by atoms with Crippen LogP contribution in [0, 0.1) is 6.92 Å². The maximum absolute atomic E-state index is 12.4. The van der Waals surface area contributed by atoms with Crippen molar-refractivity contribution in [2.75, 3.05) is 19.7 Å². The Kier molecular flexibility index (Phi) is 5.16. The summed E-state index contributed by atoms with van der Waals surface area (Å²) in [6.45, 7) is 4.61. The fraction of sp³-hybridized carbons (Fsp3) is 0.375. The number of benzene rings is 1. The zero-order valence-corrected chi connectivity index (χ0v) is 12.9. The zero-order chi connectivity index (χ0) is 16.1. The molecule has 1 aromatic heterocycles. The van der Waals surface area contributed by atoms with Gasteiger partial charge in [-0.3, -0.25) is 14.7 Å². The second-order valence-electron chi connectivity index (χ2n) is 5.19. The van der Waals surface area contributed by atoms with Gasteiger partial charge in [-0.15, -0.1) is 0 Å². The molecule has 0 aliphatic heterocycles. The predicted octanol–water partition coefficient (Wildman–Crippen LogP) is 1.32. The molecule has 0 atom stereocenters. The lowest BCUT2D eigenvalue weighted by Crippen LogP contribution is -2.34. The van der Waals surface area contributed by atoms with Crippen molar-refractivity contribution in [2.24, 2.45) is 0 Å². The molecule has 0 saturated carbocycles. The molecule has 1 aromatic carbocycles. The van der Waals surface area contributed by atoms with E-state index in [1.165, 1.54) is 15.6 Å². The number of rotatable bonds is 6. The molecule has 0 aliphatic rings. The maximum Gasteiger partial charge on any atom is 0.272 e. The molecule has 2 N–H and O–H groups in total. The van der Waals surface area contributed by atoms with Gasteiger partial charge in [0.05, 0.1) is 12.3 Å². The van der Waals surface area contributed by atoms with E-state index in [0.717, 1.165) is 12.0 Å². The van der Waals surface area contributed by atoms with Gasteiger partial charge in [-0.25, -0.2) is 4.68 Å². The Morgan fingerprint density at radius 1 is 1.27 bits per heavy atom. The first-order valence-corrected chi connectivity index (χ1v) is 7.36. The number of carbonyl (C=O) groups excluding carboxylic acids is 1. The lowest BCUT2D eigenvalue weighted by atomic mass is 10.2. The molecule has 0 radical (unpaired) electrons. The Morgan fingerprint density at radius 2 is 1.95 bits per heavy atom. The minimum absolute atomic E-state index is 0.103. The Balaban J connectivity index is 2.30. The lowest BCUT2D eigenvalue weighted by Gasteiger charge is -2.19. The van der Waals surface area contributed by atoms with E-state index in [0.29, 0.717) is 12.2 Å². The average Bonchev–Trinajstić information content (AvgIpc) is 2.89. The fourth-order valence-electron chi connectivity index (χ4n) is 2.27. The summed E-state index contributed by atoms with van der Waals surface area (Å²) in [6.07, 6.45) is 0.786. The first-order valence-electron chi connectivity index (χ1n) is 7.36. The average molecular weight is 303 g/mol. The van der Waals surface area contributed by atoms with Crippen molar-refractivity contribution in [1.82, 2.24) is 14.7 Å². The molecule has 0 saturated heterocycles. The van der Waals surface area contributed by atoms with Gasteiger partial charge >= 0.3 is 0 Å². The van der Waals surface area contributed by atoms with Gasteiger partial charge in [0.25, 0.3) is 11.5 Å². The number of aromatic amines is 1. The molecular formula is C16H21N3O3. The number of aromatic nitrogens is 2. The standard InChI is InChI=1S/C16H21N3O3/c1-3-8-18(9-10-20)16(22)14-11-15(21)19(17-14)13-6-4-12(2)5-7-13/h4-7,11,17,20H,3,8-10H2,1-2H3. The number of nitrogens with zero attached hydrogens (tertiary/aromatic N) is 2. The van der Waals surface area contributed by atoms with Crippen LogP contribution >= 0.6 is 0 Å². The van der Waals surface area contributed by atoms with Crippen molar-refractivity contribution in [3.05, 3.63) is 51.9 Å². The summed E-state index contributed by atoms with van der Waals surface area (Å²) >= 11 is 0. The number of hydrogen-bond donors (Lipinski definition) is 2. The van der Waals surface area contributed by atoms with E-state index in [1.54, 1.807) is 0 Å². The number of H-pyrrole nitrogens is 1. The van der Waals surface area contributed by atoms with Crippen molar-refractivity contribution in [1.29, 1.82) is 0 Å². The molecule has 0 bridgehead atoms. The molecule has 6 nitrogen and oxygen atoms in total. The summed E-state index contributed by atoms with van der Waals surface area (Å²) < 4.78 is 1.34. The molecule has 0 unspecified atom stereocenters. The van der Waals surface area contributed by atoms with Crippen molar-refractivity contribution in [3.8, 4) is 5.69 Å². The zero-order valence-electron chi connectivity index (χ0n) is 12.9. The molecule has 0 aliphatic carbocycles. The lowest BCUT2D eigenvalue weighted by molar-refractivity contribution is 0.0715. The van der Waals surface area contributed by atoms with E-state index in [9.17, 15) is 9.59 Å². The molecule has 1 amide bonds. The second kappa shape index (κ2) is 7.09. The van der Waals surface area contributed by atoms with Crippen LogP contribution in [0.25, 0.3) is 5.69 Å². The second-order valence-corrected chi connectivity index (χ2v) is 5.19. The third-order valence-corrected chi connectivity index (χ3v) is 3.39.